The molecule has 0 amide bonds. The first-order valence-corrected chi connectivity index (χ1v) is 10.0. The van der Waals surface area contributed by atoms with E-state index in [1.165, 1.54) is 4.88 Å². The first-order chi connectivity index (χ1) is 12.3. The minimum atomic E-state index is 0. The van der Waals surface area contributed by atoms with Crippen LogP contribution in [0.25, 0.3) is 0 Å². The van der Waals surface area contributed by atoms with Crippen molar-refractivity contribution in [1.29, 1.82) is 0 Å². The molecule has 0 radical (unpaired) electrons. The van der Waals surface area contributed by atoms with Crippen LogP contribution in [-0.2, 0) is 6.42 Å². The third-order valence-corrected chi connectivity index (χ3v) is 5.53. The highest BCUT2D eigenvalue weighted by Gasteiger charge is 2.24. The summed E-state index contributed by atoms with van der Waals surface area (Å²) in [5, 5.41) is 12.6. The minimum Gasteiger partial charge on any atom is -0.357 e. The topological polar surface area (TPSA) is 69.2 Å². The standard InChI is InChI=1S/C18H28N6S.HI/c1-3-19-18(20-12-14(2)11-16-5-4-10-25-16)24-8-6-15(7-9-24)17-21-13-22-23-17;/h4-5,10,13-15H,3,6-9,11-12H2,1-2H3,(H,19,20)(H,21,22,23);1H. The summed E-state index contributed by atoms with van der Waals surface area (Å²) in [4.78, 5) is 13.0. The highest BCUT2D eigenvalue weighted by atomic mass is 127. The molecule has 0 bridgehead atoms. The Labute approximate surface area is 176 Å². The maximum atomic E-state index is 4.91. The lowest BCUT2D eigenvalue weighted by molar-refractivity contribution is 0.298. The molecule has 2 aromatic heterocycles. The zero-order chi connectivity index (χ0) is 17.5. The van der Waals surface area contributed by atoms with Crippen LogP contribution in [-0.4, -0.2) is 52.2 Å². The number of nitrogens with one attached hydrogen (secondary N) is 2. The summed E-state index contributed by atoms with van der Waals surface area (Å²) < 4.78 is 0. The third kappa shape index (κ3) is 5.94. The molecular formula is C18H29IN6S. The second-order valence-corrected chi connectivity index (χ2v) is 7.75. The first-order valence-electron chi connectivity index (χ1n) is 9.17. The molecule has 0 aromatic carbocycles. The van der Waals surface area contributed by atoms with Gasteiger partial charge in [0.1, 0.15) is 12.2 Å². The van der Waals surface area contributed by atoms with Crippen molar-refractivity contribution in [3.05, 3.63) is 34.5 Å². The summed E-state index contributed by atoms with van der Waals surface area (Å²) in [6.07, 6.45) is 4.88. The normalized spacial score (nSPS) is 17.0. The number of guanidine groups is 1. The predicted molar refractivity (Wildman–Crippen MR) is 119 cm³/mol. The summed E-state index contributed by atoms with van der Waals surface area (Å²) in [6, 6.07) is 4.34. The van der Waals surface area contributed by atoms with Crippen LogP contribution in [0.4, 0.5) is 0 Å². The Morgan fingerprint density at radius 1 is 1.46 bits per heavy atom. The van der Waals surface area contributed by atoms with Crippen LogP contribution in [0.1, 0.15) is 43.3 Å². The zero-order valence-corrected chi connectivity index (χ0v) is 18.7. The van der Waals surface area contributed by atoms with Gasteiger partial charge in [-0.3, -0.25) is 10.1 Å². The van der Waals surface area contributed by atoms with Gasteiger partial charge in [-0.25, -0.2) is 4.98 Å². The van der Waals surface area contributed by atoms with Gasteiger partial charge in [0.25, 0.3) is 0 Å². The van der Waals surface area contributed by atoms with Crippen LogP contribution < -0.4 is 5.32 Å². The number of nitrogens with zero attached hydrogens (tertiary/aromatic N) is 4. The van der Waals surface area contributed by atoms with Crippen LogP contribution in [0.15, 0.2) is 28.8 Å². The second-order valence-electron chi connectivity index (χ2n) is 6.72. The van der Waals surface area contributed by atoms with Crippen LogP contribution in [0.5, 0.6) is 0 Å². The van der Waals surface area contributed by atoms with E-state index in [1.807, 2.05) is 11.3 Å². The Bertz CT molecular complexity index is 635. The number of likely N-dealkylation sites (tertiary alicyclic amines) is 1. The van der Waals surface area contributed by atoms with E-state index in [1.54, 1.807) is 6.33 Å². The fourth-order valence-electron chi connectivity index (χ4n) is 3.28. The molecule has 8 heteroatoms. The van der Waals surface area contributed by atoms with Crippen molar-refractivity contribution in [2.45, 2.75) is 39.0 Å². The smallest absolute Gasteiger partial charge is 0.193 e. The van der Waals surface area contributed by atoms with Crippen LogP contribution in [0, 0.1) is 5.92 Å². The SMILES string of the molecule is CCNC(=NCC(C)Cc1cccs1)N1CCC(c2ncn[nH]2)CC1.I. The van der Waals surface area contributed by atoms with Gasteiger partial charge in [0, 0.05) is 37.0 Å². The molecule has 1 saturated heterocycles. The zero-order valence-electron chi connectivity index (χ0n) is 15.5. The van der Waals surface area contributed by atoms with E-state index in [-0.39, 0.29) is 24.0 Å². The molecule has 144 valence electrons. The van der Waals surface area contributed by atoms with Gasteiger partial charge >= 0.3 is 0 Å². The number of halogens is 1. The van der Waals surface area contributed by atoms with E-state index in [0.29, 0.717) is 11.8 Å². The van der Waals surface area contributed by atoms with Crippen molar-refractivity contribution in [3.8, 4) is 0 Å². The number of H-pyrrole nitrogens is 1. The fourth-order valence-corrected chi connectivity index (χ4v) is 4.15. The number of aromatic nitrogens is 3. The molecule has 2 aromatic rings. The van der Waals surface area contributed by atoms with Gasteiger partial charge < -0.3 is 10.2 Å². The molecule has 0 saturated carbocycles. The molecule has 2 N–H and O–H groups in total. The number of hydrogen-bond donors (Lipinski definition) is 2. The molecule has 1 unspecified atom stereocenters. The van der Waals surface area contributed by atoms with Gasteiger partial charge in [0.15, 0.2) is 5.96 Å². The molecule has 1 aliphatic heterocycles. The third-order valence-electron chi connectivity index (χ3n) is 4.63. The highest BCUT2D eigenvalue weighted by molar-refractivity contribution is 14.0. The minimum absolute atomic E-state index is 0. The Morgan fingerprint density at radius 2 is 2.27 bits per heavy atom. The number of aliphatic imine (C=N–C) groups is 1. The van der Waals surface area contributed by atoms with Crippen molar-refractivity contribution < 1.29 is 0 Å². The molecule has 0 spiro atoms. The number of rotatable bonds is 6. The highest BCUT2D eigenvalue weighted by Crippen LogP contribution is 2.25. The summed E-state index contributed by atoms with van der Waals surface area (Å²) in [7, 11) is 0. The molecule has 1 aliphatic rings. The lowest BCUT2D eigenvalue weighted by Crippen LogP contribution is -2.45. The molecule has 6 nitrogen and oxygen atoms in total. The Balaban J connectivity index is 0.00000243. The Morgan fingerprint density at radius 3 is 2.88 bits per heavy atom. The second kappa shape index (κ2) is 10.9. The largest absolute Gasteiger partial charge is 0.357 e. The molecule has 1 atom stereocenters. The van der Waals surface area contributed by atoms with E-state index in [2.05, 4.69) is 56.8 Å². The van der Waals surface area contributed by atoms with Crippen molar-refractivity contribution >= 4 is 41.3 Å². The van der Waals surface area contributed by atoms with E-state index in [0.717, 1.165) is 57.2 Å². The van der Waals surface area contributed by atoms with Crippen molar-refractivity contribution in [2.24, 2.45) is 10.9 Å². The monoisotopic (exact) mass is 488 g/mol. The van der Waals surface area contributed by atoms with Gasteiger partial charge in [-0.05, 0) is 43.6 Å². The van der Waals surface area contributed by atoms with E-state index < -0.39 is 0 Å². The van der Waals surface area contributed by atoms with E-state index in [9.17, 15) is 0 Å². The van der Waals surface area contributed by atoms with Gasteiger partial charge in [0.2, 0.25) is 0 Å². The summed E-state index contributed by atoms with van der Waals surface area (Å²) in [5.41, 5.74) is 0. The average molecular weight is 488 g/mol. The van der Waals surface area contributed by atoms with Crippen molar-refractivity contribution in [1.82, 2.24) is 25.4 Å². The van der Waals surface area contributed by atoms with Crippen LogP contribution >= 0.6 is 35.3 Å². The molecule has 1 fully saturated rings. The maximum absolute atomic E-state index is 4.91. The average Bonchev–Trinajstić information content (AvgIpc) is 3.32. The van der Waals surface area contributed by atoms with Gasteiger partial charge in [-0.1, -0.05) is 13.0 Å². The molecule has 0 aliphatic carbocycles. The van der Waals surface area contributed by atoms with Gasteiger partial charge in [-0.15, -0.1) is 35.3 Å². The first kappa shape index (κ1) is 21.1. The van der Waals surface area contributed by atoms with E-state index >= 15 is 0 Å². The Kier molecular flexibility index (Phi) is 8.83. The summed E-state index contributed by atoms with van der Waals surface area (Å²) >= 11 is 1.83. The fraction of sp³-hybridized carbons (Fsp3) is 0.611. The number of piperidine rings is 1. The molecule has 3 heterocycles. The van der Waals surface area contributed by atoms with Crippen LogP contribution in [0.3, 0.4) is 0 Å². The van der Waals surface area contributed by atoms with Gasteiger partial charge in [0.05, 0.1) is 0 Å². The summed E-state index contributed by atoms with van der Waals surface area (Å²) in [6.45, 7) is 8.20. The van der Waals surface area contributed by atoms with Crippen molar-refractivity contribution in [2.75, 3.05) is 26.2 Å². The maximum Gasteiger partial charge on any atom is 0.193 e. The molecule has 3 rings (SSSR count). The molecule has 26 heavy (non-hydrogen) atoms. The van der Waals surface area contributed by atoms with E-state index in [4.69, 9.17) is 4.99 Å². The number of aromatic amines is 1. The Hall–Kier alpha value is -1.16. The van der Waals surface area contributed by atoms with Gasteiger partial charge in [-0.2, -0.15) is 5.10 Å². The lowest BCUT2D eigenvalue weighted by atomic mass is 9.96. The number of hydrogen-bond acceptors (Lipinski definition) is 4. The predicted octanol–water partition coefficient (Wildman–Crippen LogP) is 3.51. The quantitative estimate of drug-likeness (QED) is 0.371. The lowest BCUT2D eigenvalue weighted by Gasteiger charge is -2.33. The molecular weight excluding hydrogens is 459 g/mol. The number of thiophene rings is 1. The summed E-state index contributed by atoms with van der Waals surface area (Å²) in [5.74, 6) is 3.11. The van der Waals surface area contributed by atoms with Crippen molar-refractivity contribution in [3.63, 3.8) is 0 Å². The van der Waals surface area contributed by atoms with Crippen LogP contribution in [0.2, 0.25) is 0 Å².